The van der Waals surface area contributed by atoms with Crippen LogP contribution in [0.25, 0.3) is 0 Å². The van der Waals surface area contributed by atoms with Crippen molar-refractivity contribution in [1.29, 1.82) is 0 Å². The zero-order chi connectivity index (χ0) is 20.5. The average molecular weight is 403 g/mol. The van der Waals surface area contributed by atoms with Crippen molar-refractivity contribution in [2.75, 3.05) is 26.7 Å². The first-order valence-corrected chi connectivity index (χ1v) is 10.8. The van der Waals surface area contributed by atoms with E-state index >= 15 is 0 Å². The number of guanidine groups is 1. The number of hydrogen-bond acceptors (Lipinski definition) is 4. The largest absolute Gasteiger partial charge is 0.490 e. The third-order valence-corrected chi connectivity index (χ3v) is 5.60. The molecule has 0 radical (unpaired) electrons. The predicted octanol–water partition coefficient (Wildman–Crippen LogP) is 3.29. The Morgan fingerprint density at radius 3 is 2.59 bits per heavy atom. The lowest BCUT2D eigenvalue weighted by atomic mass is 10.1. The highest BCUT2D eigenvalue weighted by molar-refractivity contribution is 5.80. The van der Waals surface area contributed by atoms with Gasteiger partial charge in [-0.2, -0.15) is 0 Å². The van der Waals surface area contributed by atoms with Gasteiger partial charge in [0.1, 0.15) is 5.75 Å². The van der Waals surface area contributed by atoms with Crippen LogP contribution in [-0.2, 0) is 11.3 Å². The number of nitrogens with one attached hydrogen (secondary N) is 2. The highest BCUT2D eigenvalue weighted by Gasteiger charge is 2.24. The molecule has 1 aromatic carbocycles. The van der Waals surface area contributed by atoms with Crippen LogP contribution in [0, 0.1) is 0 Å². The molecular formula is C22H34N4O3. The lowest BCUT2D eigenvalue weighted by Gasteiger charge is -2.32. The summed E-state index contributed by atoms with van der Waals surface area (Å²) in [7, 11) is 1.78. The van der Waals surface area contributed by atoms with Gasteiger partial charge in [-0.3, -0.25) is 4.99 Å². The number of carbonyl (C=O) groups is 1. The van der Waals surface area contributed by atoms with E-state index in [1.165, 1.54) is 12.8 Å². The predicted molar refractivity (Wildman–Crippen MR) is 114 cm³/mol. The van der Waals surface area contributed by atoms with Crippen LogP contribution in [0.4, 0.5) is 4.79 Å². The number of rotatable bonds is 6. The Kier molecular flexibility index (Phi) is 8.02. The van der Waals surface area contributed by atoms with Crippen molar-refractivity contribution in [3.05, 3.63) is 29.8 Å². The van der Waals surface area contributed by atoms with Crippen molar-refractivity contribution < 1.29 is 14.3 Å². The fourth-order valence-electron chi connectivity index (χ4n) is 3.94. The van der Waals surface area contributed by atoms with Crippen LogP contribution in [0.15, 0.2) is 29.3 Å². The van der Waals surface area contributed by atoms with Crippen molar-refractivity contribution in [3.8, 4) is 5.75 Å². The number of hydrogen-bond donors (Lipinski definition) is 2. The highest BCUT2D eigenvalue weighted by Crippen LogP contribution is 2.26. The molecule has 7 nitrogen and oxygen atoms in total. The zero-order valence-corrected chi connectivity index (χ0v) is 17.7. The van der Waals surface area contributed by atoms with Gasteiger partial charge in [-0.1, -0.05) is 18.2 Å². The third-order valence-electron chi connectivity index (χ3n) is 5.60. The van der Waals surface area contributed by atoms with Gasteiger partial charge < -0.3 is 25.0 Å². The lowest BCUT2D eigenvalue weighted by molar-refractivity contribution is 0.0963. The Morgan fingerprint density at radius 2 is 1.90 bits per heavy atom. The van der Waals surface area contributed by atoms with Gasteiger partial charge in [0.25, 0.3) is 0 Å². The molecule has 7 heteroatoms. The van der Waals surface area contributed by atoms with Gasteiger partial charge in [0.2, 0.25) is 0 Å². The van der Waals surface area contributed by atoms with Gasteiger partial charge in [0.15, 0.2) is 5.96 Å². The van der Waals surface area contributed by atoms with Crippen molar-refractivity contribution in [2.45, 2.75) is 64.1 Å². The molecule has 1 heterocycles. The Morgan fingerprint density at radius 1 is 1.17 bits per heavy atom. The highest BCUT2D eigenvalue weighted by atomic mass is 16.6. The number of aliphatic imine (C=N–C) groups is 1. The molecule has 0 unspecified atom stereocenters. The monoisotopic (exact) mass is 402 g/mol. The van der Waals surface area contributed by atoms with Gasteiger partial charge >= 0.3 is 6.09 Å². The molecule has 160 valence electrons. The first kappa shape index (κ1) is 21.3. The van der Waals surface area contributed by atoms with Crippen molar-refractivity contribution in [1.82, 2.24) is 15.5 Å². The molecule has 1 saturated carbocycles. The molecule has 1 saturated heterocycles. The summed E-state index contributed by atoms with van der Waals surface area (Å²) >= 11 is 0. The summed E-state index contributed by atoms with van der Waals surface area (Å²) in [4.78, 5) is 18.0. The number of carbonyl (C=O) groups excluding carboxylic acids is 1. The lowest BCUT2D eigenvalue weighted by Crippen LogP contribution is -2.49. The van der Waals surface area contributed by atoms with E-state index in [1.54, 1.807) is 11.9 Å². The normalized spacial score (nSPS) is 18.6. The molecule has 0 atom stereocenters. The minimum atomic E-state index is -0.215. The summed E-state index contributed by atoms with van der Waals surface area (Å²) in [6.07, 6.45) is 6.70. The van der Waals surface area contributed by atoms with E-state index < -0.39 is 0 Å². The summed E-state index contributed by atoms with van der Waals surface area (Å²) in [6.45, 7) is 4.31. The molecule has 1 aromatic rings. The molecule has 1 aliphatic heterocycles. The summed E-state index contributed by atoms with van der Waals surface area (Å²) in [5.74, 6) is 1.74. The number of para-hydroxylation sites is 1. The summed E-state index contributed by atoms with van der Waals surface area (Å²) in [5, 5.41) is 6.89. The van der Waals surface area contributed by atoms with Crippen LogP contribution in [0.3, 0.4) is 0 Å². The van der Waals surface area contributed by atoms with Crippen molar-refractivity contribution in [2.24, 2.45) is 4.99 Å². The molecule has 1 aliphatic carbocycles. The summed E-state index contributed by atoms with van der Waals surface area (Å²) in [6, 6.07) is 8.51. The quantitative estimate of drug-likeness (QED) is 0.564. The second-order valence-corrected chi connectivity index (χ2v) is 7.66. The molecule has 0 spiro atoms. The van der Waals surface area contributed by atoms with Crippen molar-refractivity contribution >= 4 is 12.1 Å². The Labute approximate surface area is 173 Å². The summed E-state index contributed by atoms with van der Waals surface area (Å²) in [5.41, 5.74) is 1.14. The molecule has 29 heavy (non-hydrogen) atoms. The van der Waals surface area contributed by atoms with Crippen LogP contribution >= 0.6 is 0 Å². The molecule has 2 fully saturated rings. The first-order chi connectivity index (χ1) is 14.2. The number of amides is 1. The third kappa shape index (κ3) is 6.27. The van der Waals surface area contributed by atoms with E-state index in [4.69, 9.17) is 9.47 Å². The zero-order valence-electron chi connectivity index (χ0n) is 17.7. The smallest absolute Gasteiger partial charge is 0.409 e. The maximum atomic E-state index is 11.8. The molecular weight excluding hydrogens is 368 g/mol. The van der Waals surface area contributed by atoms with Gasteiger partial charge in [-0.25, -0.2) is 4.79 Å². The Hall–Kier alpha value is -2.44. The van der Waals surface area contributed by atoms with Gasteiger partial charge in [0.05, 0.1) is 12.7 Å². The van der Waals surface area contributed by atoms with Gasteiger partial charge in [-0.05, 0) is 51.5 Å². The molecule has 1 amide bonds. The molecule has 0 bridgehead atoms. The van der Waals surface area contributed by atoms with Crippen molar-refractivity contribution in [3.63, 3.8) is 0 Å². The maximum absolute atomic E-state index is 11.8. The number of nitrogens with zero attached hydrogens (tertiary/aromatic N) is 2. The minimum absolute atomic E-state index is 0.215. The minimum Gasteiger partial charge on any atom is -0.490 e. The van der Waals surface area contributed by atoms with Crippen LogP contribution in [0.1, 0.15) is 51.0 Å². The standard InChI is InChI=1S/C22H34N4O3/c1-3-28-22(27)26-14-12-18(13-15-26)25-21(23-2)24-16-17-8-4-7-11-20(17)29-19-9-5-6-10-19/h4,7-8,11,18-19H,3,5-6,9-10,12-16H2,1-2H3,(H2,23,24,25). The van der Waals surface area contributed by atoms with Crippen LogP contribution in [-0.4, -0.2) is 55.8 Å². The Bertz CT molecular complexity index is 680. The molecule has 2 aliphatic rings. The molecule has 0 aromatic heterocycles. The van der Waals surface area contributed by atoms with Crippen LogP contribution in [0.5, 0.6) is 5.75 Å². The van der Waals surface area contributed by atoms with E-state index in [0.717, 1.165) is 43.0 Å². The Balaban J connectivity index is 1.47. The number of benzene rings is 1. The van der Waals surface area contributed by atoms with Gasteiger partial charge in [-0.15, -0.1) is 0 Å². The fourth-order valence-corrected chi connectivity index (χ4v) is 3.94. The maximum Gasteiger partial charge on any atom is 0.409 e. The second-order valence-electron chi connectivity index (χ2n) is 7.66. The van der Waals surface area contributed by atoms with E-state index in [9.17, 15) is 4.79 Å². The van der Waals surface area contributed by atoms with Crippen LogP contribution in [0.2, 0.25) is 0 Å². The van der Waals surface area contributed by atoms with E-state index in [1.807, 2.05) is 19.1 Å². The summed E-state index contributed by atoms with van der Waals surface area (Å²) < 4.78 is 11.3. The van der Waals surface area contributed by atoms with E-state index in [-0.39, 0.29) is 12.1 Å². The average Bonchev–Trinajstić information content (AvgIpc) is 3.26. The topological polar surface area (TPSA) is 75.2 Å². The van der Waals surface area contributed by atoms with Gasteiger partial charge in [0, 0.05) is 38.3 Å². The number of likely N-dealkylation sites (tertiary alicyclic amines) is 1. The number of ether oxygens (including phenoxy) is 2. The molecule has 2 N–H and O–H groups in total. The van der Waals surface area contributed by atoms with Crippen LogP contribution < -0.4 is 15.4 Å². The first-order valence-electron chi connectivity index (χ1n) is 10.8. The van der Waals surface area contributed by atoms with E-state index in [2.05, 4.69) is 27.8 Å². The SMILES string of the molecule is CCOC(=O)N1CCC(NC(=NC)NCc2ccccc2OC2CCCC2)CC1. The fraction of sp³-hybridized carbons (Fsp3) is 0.636. The second kappa shape index (κ2) is 10.9. The van der Waals surface area contributed by atoms with E-state index in [0.29, 0.717) is 32.3 Å². The molecule has 3 rings (SSSR count). The number of piperidine rings is 1.